The van der Waals surface area contributed by atoms with E-state index >= 15 is 0 Å². The first-order valence-electron chi connectivity index (χ1n) is 5.52. The molecule has 20 heavy (non-hydrogen) atoms. The van der Waals surface area contributed by atoms with Gasteiger partial charge < -0.3 is 4.98 Å². The van der Waals surface area contributed by atoms with Crippen molar-refractivity contribution in [2.45, 2.75) is 11.3 Å². The molecular formula is C11H10Cl2FN3O2S. The number of nitrogens with zero attached hydrogens (tertiary/aromatic N) is 1. The number of halogens is 3. The summed E-state index contributed by atoms with van der Waals surface area (Å²) in [4.78, 5) is 6.31. The molecule has 0 spiro atoms. The molecule has 1 aromatic heterocycles. The van der Waals surface area contributed by atoms with Crippen molar-refractivity contribution in [3.05, 3.63) is 46.2 Å². The lowest BCUT2D eigenvalue weighted by Crippen LogP contribution is -2.26. The van der Waals surface area contributed by atoms with E-state index in [1.54, 1.807) is 6.20 Å². The van der Waals surface area contributed by atoms with Crippen LogP contribution in [0.5, 0.6) is 0 Å². The molecule has 108 valence electrons. The molecule has 9 heteroatoms. The Morgan fingerprint density at radius 1 is 1.35 bits per heavy atom. The molecule has 5 nitrogen and oxygen atoms in total. The van der Waals surface area contributed by atoms with E-state index < -0.39 is 20.9 Å². The summed E-state index contributed by atoms with van der Waals surface area (Å²) in [6.07, 6.45) is 3.51. The van der Waals surface area contributed by atoms with Crippen LogP contribution in [0.4, 0.5) is 4.39 Å². The zero-order valence-electron chi connectivity index (χ0n) is 10.0. The highest BCUT2D eigenvalue weighted by Crippen LogP contribution is 2.29. The van der Waals surface area contributed by atoms with Crippen LogP contribution in [0.15, 0.2) is 29.6 Å². The maximum absolute atomic E-state index is 13.5. The van der Waals surface area contributed by atoms with Crippen LogP contribution in [0, 0.1) is 5.82 Å². The Morgan fingerprint density at radius 2 is 2.10 bits per heavy atom. The Morgan fingerprint density at radius 3 is 2.75 bits per heavy atom. The highest BCUT2D eigenvalue weighted by Gasteiger charge is 2.21. The van der Waals surface area contributed by atoms with Gasteiger partial charge in [0.15, 0.2) is 5.82 Å². The van der Waals surface area contributed by atoms with Gasteiger partial charge in [-0.2, -0.15) is 0 Å². The number of benzene rings is 1. The number of H-pyrrole nitrogens is 1. The van der Waals surface area contributed by atoms with Gasteiger partial charge >= 0.3 is 0 Å². The number of rotatable bonds is 5. The third-order valence-corrected chi connectivity index (χ3v) is 4.81. The van der Waals surface area contributed by atoms with E-state index in [9.17, 15) is 12.8 Å². The maximum atomic E-state index is 13.5. The largest absolute Gasteiger partial charge is 0.348 e. The van der Waals surface area contributed by atoms with Gasteiger partial charge in [0, 0.05) is 24.9 Å². The molecule has 2 rings (SSSR count). The first kappa shape index (κ1) is 15.2. The molecule has 0 aliphatic heterocycles. The number of hydrogen-bond donors (Lipinski definition) is 2. The van der Waals surface area contributed by atoms with Crippen molar-refractivity contribution in [1.29, 1.82) is 0 Å². The SMILES string of the molecule is O=S(=O)(NCCc1cnc[nH]1)c1ccc(Cl)c(F)c1Cl. The monoisotopic (exact) mass is 337 g/mol. The number of aromatic nitrogens is 2. The number of aromatic amines is 1. The molecule has 0 saturated carbocycles. The van der Waals surface area contributed by atoms with Gasteiger partial charge in [0.05, 0.1) is 16.4 Å². The fourth-order valence-corrected chi connectivity index (χ4v) is 3.31. The Kier molecular flexibility index (Phi) is 4.64. The summed E-state index contributed by atoms with van der Waals surface area (Å²) in [5.74, 6) is -0.954. The molecule has 2 N–H and O–H groups in total. The predicted octanol–water partition coefficient (Wildman–Crippen LogP) is 2.38. The van der Waals surface area contributed by atoms with Gasteiger partial charge in [-0.05, 0) is 12.1 Å². The van der Waals surface area contributed by atoms with Gasteiger partial charge in [-0.1, -0.05) is 23.2 Å². The van der Waals surface area contributed by atoms with Gasteiger partial charge in [-0.3, -0.25) is 0 Å². The van der Waals surface area contributed by atoms with Gasteiger partial charge in [0.1, 0.15) is 4.90 Å². The summed E-state index contributed by atoms with van der Waals surface area (Å²) in [5, 5.41) is -0.752. The third kappa shape index (κ3) is 3.29. The Hall–Kier alpha value is -1.15. The van der Waals surface area contributed by atoms with Crippen molar-refractivity contribution in [2.24, 2.45) is 0 Å². The minimum absolute atomic E-state index is 0.130. The third-order valence-electron chi connectivity index (χ3n) is 2.53. The lowest BCUT2D eigenvalue weighted by Gasteiger charge is -2.09. The molecule has 0 unspecified atom stereocenters. The Labute approximate surface area is 125 Å². The molecule has 0 saturated heterocycles. The molecular weight excluding hydrogens is 328 g/mol. The van der Waals surface area contributed by atoms with E-state index in [1.165, 1.54) is 6.33 Å². The van der Waals surface area contributed by atoms with Crippen molar-refractivity contribution in [3.63, 3.8) is 0 Å². The highest BCUT2D eigenvalue weighted by molar-refractivity contribution is 7.89. The van der Waals surface area contributed by atoms with Gasteiger partial charge in [0.2, 0.25) is 10.0 Å². The number of hydrogen-bond acceptors (Lipinski definition) is 3. The smallest absolute Gasteiger partial charge is 0.242 e. The van der Waals surface area contributed by atoms with Gasteiger partial charge in [0.25, 0.3) is 0 Å². The fourth-order valence-electron chi connectivity index (χ4n) is 1.53. The Balaban J connectivity index is 2.12. The van der Waals surface area contributed by atoms with Crippen LogP contribution in [0.3, 0.4) is 0 Å². The van der Waals surface area contributed by atoms with Crippen LogP contribution >= 0.6 is 23.2 Å². The first-order valence-corrected chi connectivity index (χ1v) is 7.76. The summed E-state index contributed by atoms with van der Waals surface area (Å²) in [6, 6.07) is 2.30. The summed E-state index contributed by atoms with van der Waals surface area (Å²) in [7, 11) is -3.90. The summed E-state index contributed by atoms with van der Waals surface area (Å²) in [6.45, 7) is 0.130. The van der Waals surface area contributed by atoms with Crippen molar-refractivity contribution < 1.29 is 12.8 Å². The van der Waals surface area contributed by atoms with Crippen molar-refractivity contribution in [1.82, 2.24) is 14.7 Å². The van der Waals surface area contributed by atoms with E-state index in [4.69, 9.17) is 23.2 Å². The molecule has 1 heterocycles. The highest BCUT2D eigenvalue weighted by atomic mass is 35.5. The van der Waals surface area contributed by atoms with Crippen molar-refractivity contribution >= 4 is 33.2 Å². The first-order chi connectivity index (χ1) is 9.42. The normalized spacial score (nSPS) is 11.8. The number of sulfonamides is 1. The summed E-state index contributed by atoms with van der Waals surface area (Å²) in [5.41, 5.74) is 0.779. The molecule has 0 radical (unpaired) electrons. The van der Waals surface area contributed by atoms with Crippen molar-refractivity contribution in [3.8, 4) is 0 Å². The zero-order chi connectivity index (χ0) is 14.8. The minimum atomic E-state index is -3.90. The second-order valence-corrected chi connectivity index (χ2v) is 6.42. The van der Waals surface area contributed by atoms with E-state index in [-0.39, 0.29) is 16.5 Å². The summed E-state index contributed by atoms with van der Waals surface area (Å²) < 4.78 is 39.9. The fraction of sp³-hybridized carbons (Fsp3) is 0.182. The van der Waals surface area contributed by atoms with E-state index in [0.29, 0.717) is 6.42 Å². The average Bonchev–Trinajstić information content (AvgIpc) is 2.88. The lowest BCUT2D eigenvalue weighted by molar-refractivity contribution is 0.577. The van der Waals surface area contributed by atoms with Crippen LogP contribution in [0.25, 0.3) is 0 Å². The minimum Gasteiger partial charge on any atom is -0.348 e. The van der Waals surface area contributed by atoms with Crippen molar-refractivity contribution in [2.75, 3.05) is 6.54 Å². The summed E-state index contributed by atoms with van der Waals surface area (Å²) >= 11 is 11.2. The van der Waals surface area contributed by atoms with Crippen LogP contribution < -0.4 is 4.72 Å². The Bertz CT molecular complexity index is 705. The topological polar surface area (TPSA) is 74.8 Å². The van der Waals surface area contributed by atoms with E-state index in [0.717, 1.165) is 17.8 Å². The predicted molar refractivity (Wildman–Crippen MR) is 73.9 cm³/mol. The second-order valence-electron chi connectivity index (χ2n) is 3.90. The quantitative estimate of drug-likeness (QED) is 0.822. The standard InChI is InChI=1S/C11H10Cl2FN3O2S/c12-8-1-2-9(10(13)11(8)14)20(18,19)17-4-3-7-5-15-6-16-7/h1-2,5-6,17H,3-4H2,(H,15,16). The van der Waals surface area contributed by atoms with E-state index in [2.05, 4.69) is 14.7 Å². The number of nitrogens with one attached hydrogen (secondary N) is 2. The van der Waals surface area contributed by atoms with E-state index in [1.807, 2.05) is 0 Å². The molecule has 0 amide bonds. The molecule has 0 aliphatic rings. The second kappa shape index (κ2) is 6.09. The molecule has 1 aromatic carbocycles. The maximum Gasteiger partial charge on any atom is 0.242 e. The molecule has 0 fully saturated rings. The van der Waals surface area contributed by atoms with Gasteiger partial charge in [-0.15, -0.1) is 0 Å². The molecule has 2 aromatic rings. The van der Waals surface area contributed by atoms with Gasteiger partial charge in [-0.25, -0.2) is 22.5 Å². The van der Waals surface area contributed by atoms with Crippen LogP contribution in [-0.2, 0) is 16.4 Å². The molecule has 0 bridgehead atoms. The number of imidazole rings is 1. The van der Waals surface area contributed by atoms with Crippen LogP contribution in [-0.4, -0.2) is 24.9 Å². The lowest BCUT2D eigenvalue weighted by atomic mass is 10.3. The average molecular weight is 338 g/mol. The molecule has 0 aliphatic carbocycles. The van der Waals surface area contributed by atoms with Crippen LogP contribution in [0.2, 0.25) is 10.0 Å². The molecule has 0 atom stereocenters. The zero-order valence-corrected chi connectivity index (χ0v) is 12.4. The van der Waals surface area contributed by atoms with Crippen LogP contribution in [0.1, 0.15) is 5.69 Å².